The van der Waals surface area contributed by atoms with Gasteiger partial charge in [0.1, 0.15) is 0 Å². The van der Waals surface area contributed by atoms with Crippen LogP contribution in [0.5, 0.6) is 0 Å². The molecule has 0 saturated heterocycles. The summed E-state index contributed by atoms with van der Waals surface area (Å²) in [5.41, 5.74) is 0.933. The second kappa shape index (κ2) is 2.44. The maximum absolute atomic E-state index is 11.5. The molecule has 3 heteroatoms. The van der Waals surface area contributed by atoms with E-state index in [0.717, 1.165) is 12.0 Å². The van der Waals surface area contributed by atoms with Gasteiger partial charge in [0.25, 0.3) is 0 Å². The largest absolute Gasteiger partial charge is 0.411 e. The highest BCUT2D eigenvalue weighted by molar-refractivity contribution is 6.01. The lowest BCUT2D eigenvalue weighted by Gasteiger charge is -2.54. The average Bonchev–Trinajstić information content (AvgIpc) is 2.03. The van der Waals surface area contributed by atoms with Crippen LogP contribution in [0.1, 0.15) is 20.3 Å². The van der Waals surface area contributed by atoms with E-state index >= 15 is 0 Å². The summed E-state index contributed by atoms with van der Waals surface area (Å²) >= 11 is 0. The third kappa shape index (κ3) is 0.961. The van der Waals surface area contributed by atoms with Crippen LogP contribution in [0.15, 0.2) is 16.8 Å². The summed E-state index contributed by atoms with van der Waals surface area (Å²) in [7, 11) is 0. The minimum atomic E-state index is 0.0579. The van der Waals surface area contributed by atoms with E-state index < -0.39 is 0 Å². The maximum Gasteiger partial charge on any atom is 0.159 e. The first-order chi connectivity index (χ1) is 6.07. The number of ketones is 1. The Kier molecular flexibility index (Phi) is 1.59. The Bertz CT molecular complexity index is 315. The van der Waals surface area contributed by atoms with Crippen LogP contribution in [0, 0.1) is 17.3 Å². The fraction of sp³-hybridized carbons (Fsp3) is 0.600. The predicted octanol–water partition coefficient (Wildman–Crippen LogP) is 1.62. The molecule has 0 aliphatic heterocycles. The van der Waals surface area contributed by atoms with E-state index in [2.05, 4.69) is 19.0 Å². The molecule has 3 aliphatic carbocycles. The third-order valence-electron chi connectivity index (χ3n) is 3.53. The molecule has 0 aromatic heterocycles. The van der Waals surface area contributed by atoms with Gasteiger partial charge in [0, 0.05) is 5.92 Å². The molecule has 0 radical (unpaired) electrons. The van der Waals surface area contributed by atoms with Crippen molar-refractivity contribution < 1.29 is 10.0 Å². The molecule has 0 amide bonds. The van der Waals surface area contributed by atoms with Crippen LogP contribution in [0.25, 0.3) is 0 Å². The molecule has 1 unspecified atom stereocenters. The van der Waals surface area contributed by atoms with Gasteiger partial charge >= 0.3 is 0 Å². The Balaban J connectivity index is 2.36. The van der Waals surface area contributed by atoms with Gasteiger partial charge < -0.3 is 5.21 Å². The zero-order valence-electron chi connectivity index (χ0n) is 7.82. The zero-order chi connectivity index (χ0) is 9.64. The van der Waals surface area contributed by atoms with E-state index in [1.54, 1.807) is 6.08 Å². The Labute approximate surface area is 77.1 Å². The van der Waals surface area contributed by atoms with E-state index in [1.807, 2.05) is 0 Å². The molecular weight excluding hydrogens is 166 g/mol. The Morgan fingerprint density at radius 2 is 2.31 bits per heavy atom. The molecule has 0 heterocycles. The summed E-state index contributed by atoms with van der Waals surface area (Å²) in [5, 5.41) is 11.4. The second-order valence-electron chi connectivity index (χ2n) is 4.45. The predicted molar refractivity (Wildman–Crippen MR) is 48.7 cm³/mol. The van der Waals surface area contributed by atoms with Gasteiger partial charge in [0.05, 0.1) is 6.21 Å². The molecule has 0 aromatic rings. The third-order valence-corrected chi connectivity index (χ3v) is 3.53. The molecule has 2 bridgehead atoms. The van der Waals surface area contributed by atoms with Crippen molar-refractivity contribution in [2.24, 2.45) is 22.4 Å². The fourth-order valence-electron chi connectivity index (χ4n) is 2.53. The number of hydrogen-bond donors (Lipinski definition) is 1. The Hall–Kier alpha value is -1.12. The van der Waals surface area contributed by atoms with Crippen LogP contribution in [0.2, 0.25) is 0 Å². The molecule has 2 atom stereocenters. The normalized spacial score (nSPS) is 35.8. The van der Waals surface area contributed by atoms with Crippen molar-refractivity contribution in [2.75, 3.05) is 0 Å². The van der Waals surface area contributed by atoms with E-state index in [9.17, 15) is 4.79 Å². The monoisotopic (exact) mass is 179 g/mol. The molecule has 0 aromatic carbocycles. The van der Waals surface area contributed by atoms with Crippen molar-refractivity contribution in [3.05, 3.63) is 11.6 Å². The minimum Gasteiger partial charge on any atom is -0.411 e. The smallest absolute Gasteiger partial charge is 0.159 e. The Morgan fingerprint density at radius 1 is 1.62 bits per heavy atom. The summed E-state index contributed by atoms with van der Waals surface area (Å²) < 4.78 is 0. The summed E-state index contributed by atoms with van der Waals surface area (Å²) in [6.07, 6.45) is 3.92. The number of fused-ring (bicyclic) bond motifs is 1. The second-order valence-corrected chi connectivity index (χ2v) is 4.45. The SMILES string of the molecule is CC1(C)C2C[C@@H]1C(/C=N\O)=CC2=O. The molecule has 70 valence electrons. The molecule has 1 saturated carbocycles. The van der Waals surface area contributed by atoms with Gasteiger partial charge in [-0.25, -0.2) is 0 Å². The molecule has 3 aliphatic rings. The van der Waals surface area contributed by atoms with Crippen LogP contribution >= 0.6 is 0 Å². The van der Waals surface area contributed by atoms with Crippen LogP contribution in [0.4, 0.5) is 0 Å². The lowest BCUT2D eigenvalue weighted by atomic mass is 9.48. The molecule has 13 heavy (non-hydrogen) atoms. The van der Waals surface area contributed by atoms with Crippen molar-refractivity contribution >= 4 is 12.0 Å². The lowest BCUT2D eigenvalue weighted by Crippen LogP contribution is -2.52. The van der Waals surface area contributed by atoms with Gasteiger partial charge in [0.15, 0.2) is 5.78 Å². The fourth-order valence-corrected chi connectivity index (χ4v) is 2.53. The van der Waals surface area contributed by atoms with Gasteiger partial charge in [-0.3, -0.25) is 4.79 Å². The standard InChI is InChI=1S/C10H13NO2/c1-10(2)7-4-8(10)9(12)3-6(7)5-11-13/h3,5,7-8,13H,4H2,1-2H3/b11-5-/t7-,8?/m1/s1. The summed E-state index contributed by atoms with van der Waals surface area (Å²) in [5.74, 6) is 0.766. The number of hydrogen-bond acceptors (Lipinski definition) is 3. The van der Waals surface area contributed by atoms with Crippen LogP contribution in [0.3, 0.4) is 0 Å². The molecule has 3 rings (SSSR count). The van der Waals surface area contributed by atoms with Crippen molar-refractivity contribution in [1.29, 1.82) is 0 Å². The number of carbonyl (C=O) groups is 1. The zero-order valence-corrected chi connectivity index (χ0v) is 7.82. The van der Waals surface area contributed by atoms with Gasteiger partial charge in [-0.1, -0.05) is 19.0 Å². The topological polar surface area (TPSA) is 49.7 Å². The number of oxime groups is 1. The van der Waals surface area contributed by atoms with E-state index in [0.29, 0.717) is 5.92 Å². The minimum absolute atomic E-state index is 0.0579. The Morgan fingerprint density at radius 3 is 2.77 bits per heavy atom. The molecular formula is C10H13NO2. The summed E-state index contributed by atoms with van der Waals surface area (Å²) in [6.45, 7) is 4.20. The first kappa shape index (κ1) is 8.48. The number of allylic oxidation sites excluding steroid dienone is 2. The van der Waals surface area contributed by atoms with Crippen molar-refractivity contribution in [3.8, 4) is 0 Å². The summed E-state index contributed by atoms with van der Waals surface area (Å²) in [4.78, 5) is 11.5. The van der Waals surface area contributed by atoms with E-state index in [4.69, 9.17) is 5.21 Å². The number of rotatable bonds is 1. The number of carbonyl (C=O) groups excluding carboxylic acids is 1. The highest BCUT2D eigenvalue weighted by Crippen LogP contribution is 2.57. The lowest BCUT2D eigenvalue weighted by molar-refractivity contribution is -0.133. The van der Waals surface area contributed by atoms with Crippen LogP contribution in [-0.2, 0) is 4.79 Å². The molecule has 3 nitrogen and oxygen atoms in total. The quantitative estimate of drug-likeness (QED) is 0.378. The molecule has 1 N–H and O–H groups in total. The maximum atomic E-state index is 11.5. The van der Waals surface area contributed by atoms with Crippen molar-refractivity contribution in [1.82, 2.24) is 0 Å². The first-order valence-electron chi connectivity index (χ1n) is 4.50. The van der Waals surface area contributed by atoms with Gasteiger partial charge in [-0.15, -0.1) is 0 Å². The highest BCUT2D eigenvalue weighted by Gasteiger charge is 2.54. The molecule has 0 spiro atoms. The number of nitrogens with zero attached hydrogens (tertiary/aromatic N) is 1. The van der Waals surface area contributed by atoms with Gasteiger partial charge in [-0.2, -0.15) is 0 Å². The van der Waals surface area contributed by atoms with Crippen molar-refractivity contribution in [2.45, 2.75) is 20.3 Å². The van der Waals surface area contributed by atoms with E-state index in [1.165, 1.54) is 6.21 Å². The summed E-state index contributed by atoms with van der Waals surface area (Å²) in [6, 6.07) is 0. The van der Waals surface area contributed by atoms with Crippen molar-refractivity contribution in [3.63, 3.8) is 0 Å². The molecule has 1 fully saturated rings. The highest BCUT2D eigenvalue weighted by atomic mass is 16.4. The van der Waals surface area contributed by atoms with Gasteiger partial charge in [-0.05, 0) is 29.4 Å². The average molecular weight is 179 g/mol. The van der Waals surface area contributed by atoms with Crippen LogP contribution < -0.4 is 0 Å². The van der Waals surface area contributed by atoms with E-state index in [-0.39, 0.29) is 17.1 Å². The first-order valence-corrected chi connectivity index (χ1v) is 4.50. The van der Waals surface area contributed by atoms with Crippen LogP contribution in [-0.4, -0.2) is 17.2 Å². The van der Waals surface area contributed by atoms with Gasteiger partial charge in [0.2, 0.25) is 0 Å².